The smallest absolute Gasteiger partial charge is 0.258 e. The molecule has 0 spiro atoms. The summed E-state index contributed by atoms with van der Waals surface area (Å²) in [6.07, 6.45) is 1.97. The molecule has 1 N–H and O–H groups in total. The predicted molar refractivity (Wildman–Crippen MR) is 120 cm³/mol. The number of rotatable bonds is 5. The molecule has 0 fully saturated rings. The number of nitrogens with one attached hydrogen (secondary N) is 1. The first-order valence-corrected chi connectivity index (χ1v) is 9.97. The lowest BCUT2D eigenvalue weighted by Crippen LogP contribution is -2.16. The number of anilines is 1. The summed E-state index contributed by atoms with van der Waals surface area (Å²) in [7, 11) is 0. The van der Waals surface area contributed by atoms with Crippen molar-refractivity contribution in [3.05, 3.63) is 108 Å². The largest absolute Gasteiger partial charge is 0.322 e. The molecule has 4 aromatic rings. The third-order valence-electron chi connectivity index (χ3n) is 5.04. The third kappa shape index (κ3) is 3.90. The van der Waals surface area contributed by atoms with Gasteiger partial charge in [-0.3, -0.25) is 4.79 Å². The molecule has 150 valence electrons. The molecule has 0 saturated carbocycles. The lowest BCUT2D eigenvalue weighted by Gasteiger charge is -2.15. The molecule has 0 bridgehead atoms. The number of halogens is 1. The zero-order valence-corrected chi connectivity index (χ0v) is 17.0. The van der Waals surface area contributed by atoms with Crippen LogP contribution in [0.5, 0.6) is 0 Å². The summed E-state index contributed by atoms with van der Waals surface area (Å²) in [5.74, 6) is -0.393. The van der Waals surface area contributed by atoms with Crippen LogP contribution >= 0.6 is 0 Å². The predicted octanol–water partition coefficient (Wildman–Crippen LogP) is 6.66. The first kappa shape index (κ1) is 19.6. The number of amides is 1. The lowest BCUT2D eigenvalue weighted by molar-refractivity contribution is 0.102. The van der Waals surface area contributed by atoms with Crippen LogP contribution in [0.4, 0.5) is 10.1 Å². The van der Waals surface area contributed by atoms with Crippen molar-refractivity contribution in [3.63, 3.8) is 0 Å². The number of hydrogen-bond donors (Lipinski definition) is 1. The van der Waals surface area contributed by atoms with Crippen molar-refractivity contribution in [2.24, 2.45) is 0 Å². The van der Waals surface area contributed by atoms with Crippen LogP contribution < -0.4 is 5.32 Å². The van der Waals surface area contributed by atoms with Gasteiger partial charge in [0.25, 0.3) is 5.91 Å². The maximum absolute atomic E-state index is 13.5. The Morgan fingerprint density at radius 3 is 2.07 bits per heavy atom. The number of carbonyl (C=O) groups is 1. The van der Waals surface area contributed by atoms with E-state index in [4.69, 9.17) is 0 Å². The summed E-state index contributed by atoms with van der Waals surface area (Å²) < 4.78 is 15.6. The van der Waals surface area contributed by atoms with Crippen LogP contribution in [0.15, 0.2) is 91.1 Å². The number of para-hydroxylation sites is 2. The summed E-state index contributed by atoms with van der Waals surface area (Å²) in [5, 5.41) is 3.01. The van der Waals surface area contributed by atoms with Crippen molar-refractivity contribution < 1.29 is 9.18 Å². The van der Waals surface area contributed by atoms with E-state index in [1.54, 1.807) is 12.1 Å². The van der Waals surface area contributed by atoms with Gasteiger partial charge in [-0.25, -0.2) is 4.39 Å². The normalized spacial score (nSPS) is 10.9. The van der Waals surface area contributed by atoms with Crippen LogP contribution in [0.25, 0.3) is 16.8 Å². The minimum Gasteiger partial charge on any atom is -0.322 e. The molecule has 1 amide bonds. The second-order valence-corrected chi connectivity index (χ2v) is 7.49. The highest BCUT2D eigenvalue weighted by Crippen LogP contribution is 2.35. The average molecular weight is 398 g/mol. The molecule has 4 rings (SSSR count). The van der Waals surface area contributed by atoms with Crippen molar-refractivity contribution in [3.8, 4) is 16.8 Å². The van der Waals surface area contributed by atoms with E-state index in [1.807, 2.05) is 66.9 Å². The van der Waals surface area contributed by atoms with Crippen LogP contribution in [0, 0.1) is 5.82 Å². The highest BCUT2D eigenvalue weighted by molar-refractivity contribution is 6.10. The van der Waals surface area contributed by atoms with Gasteiger partial charge in [0.05, 0.1) is 5.56 Å². The zero-order valence-electron chi connectivity index (χ0n) is 17.0. The van der Waals surface area contributed by atoms with E-state index in [0.29, 0.717) is 5.56 Å². The average Bonchev–Trinajstić information content (AvgIpc) is 3.17. The van der Waals surface area contributed by atoms with E-state index in [2.05, 4.69) is 23.7 Å². The van der Waals surface area contributed by atoms with Crippen LogP contribution in [0.3, 0.4) is 0 Å². The Labute approximate surface area is 175 Å². The molecular weight excluding hydrogens is 375 g/mol. The molecule has 1 aromatic heterocycles. The van der Waals surface area contributed by atoms with Gasteiger partial charge in [-0.1, -0.05) is 62.4 Å². The molecule has 0 unspecified atom stereocenters. The second-order valence-electron chi connectivity index (χ2n) is 7.49. The van der Waals surface area contributed by atoms with Gasteiger partial charge in [-0.05, 0) is 47.9 Å². The number of benzene rings is 3. The van der Waals surface area contributed by atoms with Gasteiger partial charge in [0, 0.05) is 28.8 Å². The minimum atomic E-state index is -0.305. The number of carbonyl (C=O) groups excluding carboxylic acids is 1. The van der Waals surface area contributed by atoms with Gasteiger partial charge in [-0.2, -0.15) is 0 Å². The SMILES string of the molecule is CC(C)c1c(C(=O)Nc2ccccc2)c(-c2ccc(F)cc2)cn1-c1ccccc1. The zero-order chi connectivity index (χ0) is 21.1. The second kappa shape index (κ2) is 8.37. The molecule has 3 aromatic carbocycles. The fourth-order valence-electron chi connectivity index (χ4n) is 3.69. The van der Waals surface area contributed by atoms with Crippen LogP contribution in [0.1, 0.15) is 35.8 Å². The van der Waals surface area contributed by atoms with Crippen molar-refractivity contribution in [2.75, 3.05) is 5.32 Å². The molecule has 3 nitrogen and oxygen atoms in total. The molecule has 0 aliphatic rings. The maximum atomic E-state index is 13.5. The highest BCUT2D eigenvalue weighted by Gasteiger charge is 2.25. The van der Waals surface area contributed by atoms with Gasteiger partial charge >= 0.3 is 0 Å². The van der Waals surface area contributed by atoms with Gasteiger partial charge in [0.15, 0.2) is 0 Å². The highest BCUT2D eigenvalue weighted by atomic mass is 19.1. The molecule has 4 heteroatoms. The Morgan fingerprint density at radius 1 is 0.867 bits per heavy atom. The van der Waals surface area contributed by atoms with Gasteiger partial charge in [-0.15, -0.1) is 0 Å². The van der Waals surface area contributed by atoms with Crippen molar-refractivity contribution in [1.82, 2.24) is 4.57 Å². The Bertz CT molecular complexity index is 1150. The van der Waals surface area contributed by atoms with E-state index in [-0.39, 0.29) is 17.6 Å². The monoisotopic (exact) mass is 398 g/mol. The Morgan fingerprint density at radius 2 is 1.47 bits per heavy atom. The maximum Gasteiger partial charge on any atom is 0.258 e. The number of aromatic nitrogens is 1. The topological polar surface area (TPSA) is 34.0 Å². The van der Waals surface area contributed by atoms with Crippen molar-refractivity contribution in [2.45, 2.75) is 19.8 Å². The van der Waals surface area contributed by atoms with Crippen molar-refractivity contribution >= 4 is 11.6 Å². The van der Waals surface area contributed by atoms with E-state index in [9.17, 15) is 9.18 Å². The molecule has 0 saturated heterocycles. The Kier molecular flexibility index (Phi) is 5.48. The molecule has 0 radical (unpaired) electrons. The van der Waals surface area contributed by atoms with E-state index < -0.39 is 0 Å². The number of hydrogen-bond acceptors (Lipinski definition) is 1. The molecule has 0 aliphatic carbocycles. The first-order valence-electron chi connectivity index (χ1n) is 9.97. The van der Waals surface area contributed by atoms with E-state index in [1.165, 1.54) is 12.1 Å². The Hall–Kier alpha value is -3.66. The molecule has 0 atom stereocenters. The first-order chi connectivity index (χ1) is 14.5. The van der Waals surface area contributed by atoms with Gasteiger partial charge in [0.1, 0.15) is 5.82 Å². The molecular formula is C26H23FN2O. The summed E-state index contributed by atoms with van der Waals surface area (Å²) in [6, 6.07) is 25.6. The number of nitrogens with zero attached hydrogens (tertiary/aromatic N) is 1. The summed E-state index contributed by atoms with van der Waals surface area (Å²) in [6.45, 7) is 4.14. The van der Waals surface area contributed by atoms with Crippen LogP contribution in [-0.2, 0) is 0 Å². The molecule has 0 aliphatic heterocycles. The summed E-state index contributed by atoms with van der Waals surface area (Å²) in [4.78, 5) is 13.4. The van der Waals surface area contributed by atoms with E-state index >= 15 is 0 Å². The standard InChI is InChI=1S/C26H23FN2O/c1-18(2)25-24(26(30)28-21-9-5-3-6-10-21)23(19-13-15-20(27)16-14-19)17-29(25)22-11-7-4-8-12-22/h3-18H,1-2H3,(H,28,30). The fraction of sp³-hybridized carbons (Fsp3) is 0.115. The Balaban J connectivity index is 1.91. The summed E-state index contributed by atoms with van der Waals surface area (Å²) in [5.41, 5.74) is 4.79. The van der Waals surface area contributed by atoms with Crippen molar-refractivity contribution in [1.29, 1.82) is 0 Å². The van der Waals surface area contributed by atoms with E-state index in [0.717, 1.165) is 28.2 Å². The van der Waals surface area contributed by atoms with Gasteiger partial charge in [0.2, 0.25) is 0 Å². The lowest BCUT2D eigenvalue weighted by atomic mass is 9.97. The summed E-state index contributed by atoms with van der Waals surface area (Å²) >= 11 is 0. The third-order valence-corrected chi connectivity index (χ3v) is 5.04. The fourth-order valence-corrected chi connectivity index (χ4v) is 3.69. The van der Waals surface area contributed by atoms with Crippen LogP contribution in [0.2, 0.25) is 0 Å². The van der Waals surface area contributed by atoms with Gasteiger partial charge < -0.3 is 9.88 Å². The van der Waals surface area contributed by atoms with Crippen LogP contribution in [-0.4, -0.2) is 10.5 Å². The molecule has 1 heterocycles. The quantitative estimate of drug-likeness (QED) is 0.401. The minimum absolute atomic E-state index is 0.0935. The molecule has 30 heavy (non-hydrogen) atoms.